The van der Waals surface area contributed by atoms with Gasteiger partial charge in [0, 0.05) is 25.2 Å². The van der Waals surface area contributed by atoms with Crippen molar-refractivity contribution in [1.82, 2.24) is 20.4 Å². The van der Waals surface area contributed by atoms with Crippen LogP contribution in [0, 0.1) is 6.92 Å². The zero-order chi connectivity index (χ0) is 15.4. The van der Waals surface area contributed by atoms with Crippen LogP contribution in [0.2, 0.25) is 0 Å². The molecule has 1 saturated heterocycles. The van der Waals surface area contributed by atoms with Crippen molar-refractivity contribution in [3.63, 3.8) is 0 Å². The Labute approximate surface area is 129 Å². The van der Waals surface area contributed by atoms with Crippen molar-refractivity contribution < 1.29 is 9.26 Å². The molecule has 1 aliphatic heterocycles. The van der Waals surface area contributed by atoms with Gasteiger partial charge in [-0.1, -0.05) is 12.1 Å². The predicted octanol–water partition coefficient (Wildman–Crippen LogP) is 1.61. The van der Waals surface area contributed by atoms with Crippen LogP contribution in [0.1, 0.15) is 36.0 Å². The third-order valence-electron chi connectivity index (χ3n) is 3.53. The lowest BCUT2D eigenvalue weighted by molar-refractivity contribution is 0.0249. The maximum atomic E-state index is 5.75. The molecule has 7 heteroatoms. The van der Waals surface area contributed by atoms with E-state index in [4.69, 9.17) is 9.26 Å². The highest BCUT2D eigenvalue weighted by Crippen LogP contribution is 2.19. The maximum Gasteiger partial charge on any atom is 0.156 e. The van der Waals surface area contributed by atoms with E-state index in [9.17, 15) is 0 Å². The van der Waals surface area contributed by atoms with E-state index in [0.29, 0.717) is 13.2 Å². The number of anilines is 1. The van der Waals surface area contributed by atoms with Gasteiger partial charge in [0.25, 0.3) is 0 Å². The van der Waals surface area contributed by atoms with Crippen LogP contribution in [0.3, 0.4) is 0 Å². The molecule has 22 heavy (non-hydrogen) atoms. The summed E-state index contributed by atoms with van der Waals surface area (Å²) in [6, 6.07) is 3.89. The fourth-order valence-corrected chi connectivity index (χ4v) is 2.39. The molecule has 7 nitrogen and oxygen atoms in total. The van der Waals surface area contributed by atoms with Crippen LogP contribution < -0.4 is 10.6 Å². The molecule has 3 heterocycles. The molecule has 2 N–H and O–H groups in total. The topological polar surface area (TPSA) is 85.1 Å². The second kappa shape index (κ2) is 6.85. The van der Waals surface area contributed by atoms with Crippen molar-refractivity contribution in [3.05, 3.63) is 35.1 Å². The van der Waals surface area contributed by atoms with Crippen molar-refractivity contribution in [2.75, 3.05) is 25.0 Å². The van der Waals surface area contributed by atoms with Gasteiger partial charge in [-0.05, 0) is 13.3 Å². The molecular formula is C15H21N5O2. The number of nitrogens with one attached hydrogen (secondary N) is 2. The second-order valence-electron chi connectivity index (χ2n) is 5.28. The van der Waals surface area contributed by atoms with E-state index in [1.165, 1.54) is 0 Å². The molecule has 0 amide bonds. The number of nitrogens with zero attached hydrogens (tertiary/aromatic N) is 3. The first kappa shape index (κ1) is 14.9. The highest BCUT2D eigenvalue weighted by Gasteiger charge is 2.18. The fourth-order valence-electron chi connectivity index (χ4n) is 2.39. The lowest BCUT2D eigenvalue weighted by Gasteiger charge is -2.23. The molecule has 0 aromatic carbocycles. The monoisotopic (exact) mass is 303 g/mol. The van der Waals surface area contributed by atoms with Gasteiger partial charge in [-0.2, -0.15) is 0 Å². The Balaban J connectivity index is 1.68. The average Bonchev–Trinajstić information content (AvgIpc) is 3.01. The van der Waals surface area contributed by atoms with E-state index in [2.05, 4.69) is 25.8 Å². The molecule has 1 unspecified atom stereocenters. The van der Waals surface area contributed by atoms with Crippen molar-refractivity contribution in [3.8, 4) is 0 Å². The molecule has 0 aliphatic carbocycles. The van der Waals surface area contributed by atoms with E-state index >= 15 is 0 Å². The molecule has 0 radical (unpaired) electrons. The lowest BCUT2D eigenvalue weighted by atomic mass is 10.2. The lowest BCUT2D eigenvalue weighted by Crippen LogP contribution is -2.34. The minimum Gasteiger partial charge on any atom is -0.369 e. The molecule has 3 rings (SSSR count). The van der Waals surface area contributed by atoms with Crippen molar-refractivity contribution in [2.45, 2.75) is 32.9 Å². The number of morpholine rings is 1. The number of aromatic nitrogens is 3. The number of aryl methyl sites for hydroxylation is 2. The second-order valence-corrected chi connectivity index (χ2v) is 5.28. The van der Waals surface area contributed by atoms with Gasteiger partial charge >= 0.3 is 0 Å². The van der Waals surface area contributed by atoms with Crippen LogP contribution in [0.5, 0.6) is 0 Å². The number of hydrogen-bond donors (Lipinski definition) is 2. The normalized spacial score (nSPS) is 18.4. The minimum absolute atomic E-state index is 0.0204. The highest BCUT2D eigenvalue weighted by molar-refractivity contribution is 5.37. The van der Waals surface area contributed by atoms with Crippen LogP contribution in [0.15, 0.2) is 16.7 Å². The first-order valence-corrected chi connectivity index (χ1v) is 7.61. The molecule has 0 bridgehead atoms. The van der Waals surface area contributed by atoms with Gasteiger partial charge in [-0.25, -0.2) is 9.97 Å². The standard InChI is InChI=1S/C15H21N5O2/c1-3-11-6-12(22-20-11)8-17-15-7-13(18-10(2)19-15)14-9-16-4-5-21-14/h6-7,14,16H,3-5,8-9H2,1-2H3,(H,17,18,19). The summed E-state index contributed by atoms with van der Waals surface area (Å²) in [4.78, 5) is 8.89. The Morgan fingerprint density at radius 2 is 2.27 bits per heavy atom. The Morgan fingerprint density at radius 3 is 3.00 bits per heavy atom. The Morgan fingerprint density at radius 1 is 1.36 bits per heavy atom. The van der Waals surface area contributed by atoms with Gasteiger partial charge in [-0.3, -0.25) is 0 Å². The zero-order valence-corrected chi connectivity index (χ0v) is 12.9. The van der Waals surface area contributed by atoms with Crippen LogP contribution in [0.4, 0.5) is 5.82 Å². The Hall–Kier alpha value is -1.99. The summed E-state index contributed by atoms with van der Waals surface area (Å²) in [7, 11) is 0. The van der Waals surface area contributed by atoms with E-state index in [0.717, 1.165) is 48.3 Å². The van der Waals surface area contributed by atoms with Crippen molar-refractivity contribution in [2.24, 2.45) is 0 Å². The summed E-state index contributed by atoms with van der Waals surface area (Å²) < 4.78 is 11.0. The number of ether oxygens (including phenoxy) is 1. The quantitative estimate of drug-likeness (QED) is 0.868. The van der Waals surface area contributed by atoms with Gasteiger partial charge in [0.15, 0.2) is 5.76 Å². The highest BCUT2D eigenvalue weighted by atomic mass is 16.5. The third-order valence-corrected chi connectivity index (χ3v) is 3.53. The van der Waals surface area contributed by atoms with Gasteiger partial charge in [0.1, 0.15) is 17.7 Å². The third kappa shape index (κ3) is 3.61. The van der Waals surface area contributed by atoms with Gasteiger partial charge in [-0.15, -0.1) is 0 Å². The molecule has 1 aliphatic rings. The largest absolute Gasteiger partial charge is 0.369 e. The maximum absolute atomic E-state index is 5.75. The van der Waals surface area contributed by atoms with Crippen LogP contribution >= 0.6 is 0 Å². The van der Waals surface area contributed by atoms with Crippen molar-refractivity contribution >= 4 is 5.82 Å². The number of rotatable bonds is 5. The molecule has 0 saturated carbocycles. The van der Waals surface area contributed by atoms with Gasteiger partial charge in [0.2, 0.25) is 0 Å². The van der Waals surface area contributed by atoms with Crippen LogP contribution in [0.25, 0.3) is 0 Å². The summed E-state index contributed by atoms with van der Waals surface area (Å²) in [5.74, 6) is 2.29. The molecule has 1 fully saturated rings. The summed E-state index contributed by atoms with van der Waals surface area (Å²) in [6.07, 6.45) is 0.847. The number of hydrogen-bond acceptors (Lipinski definition) is 7. The Kier molecular flexibility index (Phi) is 4.65. The molecule has 2 aromatic rings. The molecular weight excluding hydrogens is 282 g/mol. The fraction of sp³-hybridized carbons (Fsp3) is 0.533. The molecule has 0 spiro atoms. The molecule has 2 aromatic heterocycles. The summed E-state index contributed by atoms with van der Waals surface area (Å²) in [5, 5.41) is 10.5. The van der Waals surface area contributed by atoms with E-state index in [1.807, 2.05) is 26.0 Å². The summed E-state index contributed by atoms with van der Waals surface area (Å²) in [5.41, 5.74) is 1.85. The van der Waals surface area contributed by atoms with Crippen LogP contribution in [-0.2, 0) is 17.7 Å². The van der Waals surface area contributed by atoms with Crippen LogP contribution in [-0.4, -0.2) is 34.8 Å². The Bertz CT molecular complexity index is 622. The smallest absolute Gasteiger partial charge is 0.156 e. The average molecular weight is 303 g/mol. The first-order chi connectivity index (χ1) is 10.7. The van der Waals surface area contributed by atoms with Gasteiger partial charge < -0.3 is 19.9 Å². The van der Waals surface area contributed by atoms with E-state index in [1.54, 1.807) is 0 Å². The van der Waals surface area contributed by atoms with Crippen molar-refractivity contribution in [1.29, 1.82) is 0 Å². The molecule has 118 valence electrons. The van der Waals surface area contributed by atoms with E-state index in [-0.39, 0.29) is 6.10 Å². The summed E-state index contributed by atoms with van der Waals surface area (Å²) >= 11 is 0. The predicted molar refractivity (Wildman–Crippen MR) is 81.5 cm³/mol. The molecule has 1 atom stereocenters. The minimum atomic E-state index is -0.0204. The van der Waals surface area contributed by atoms with E-state index < -0.39 is 0 Å². The zero-order valence-electron chi connectivity index (χ0n) is 12.9. The van der Waals surface area contributed by atoms with Gasteiger partial charge in [0.05, 0.1) is 24.5 Å². The summed E-state index contributed by atoms with van der Waals surface area (Å²) in [6.45, 7) is 6.84. The SMILES string of the molecule is CCc1cc(CNc2cc(C3CNCCO3)nc(C)n2)on1. The first-order valence-electron chi connectivity index (χ1n) is 7.61.